The van der Waals surface area contributed by atoms with E-state index in [1.807, 2.05) is 0 Å². The van der Waals surface area contributed by atoms with Gasteiger partial charge in [0.2, 0.25) is 0 Å². The Labute approximate surface area is 254 Å². The Balaban J connectivity index is 1.07. The summed E-state index contributed by atoms with van der Waals surface area (Å²) in [4.78, 5) is 0. The second-order valence-corrected chi connectivity index (χ2v) is 12.6. The van der Waals surface area contributed by atoms with Gasteiger partial charge in [-0.3, -0.25) is 0 Å². The van der Waals surface area contributed by atoms with Crippen molar-refractivity contribution in [3.63, 3.8) is 0 Å². The Kier molecular flexibility index (Phi) is 6.08. The van der Waals surface area contributed by atoms with Crippen molar-refractivity contribution in [1.82, 2.24) is 4.57 Å². The Morgan fingerprint density at radius 1 is 0.558 bits per heavy atom. The van der Waals surface area contributed by atoms with E-state index in [-0.39, 0.29) is 5.41 Å². The fraction of sp³-hybridized carbons (Fsp3) is 0.143. The number of hydrogen-bond acceptors (Lipinski definition) is 0. The molecule has 0 spiro atoms. The molecule has 8 rings (SSSR count). The third-order valence-electron chi connectivity index (χ3n) is 9.76. The van der Waals surface area contributed by atoms with Crippen LogP contribution in [0.25, 0.3) is 38.6 Å². The SMILES string of the molecule is CC(C)(c1ccc(CC2Cc3ccccc3-c3ccccc32)cc1)c1ccc(-n2c3ccccc3c3ccccc32)cc1. The maximum absolute atomic E-state index is 2.39. The van der Waals surface area contributed by atoms with Crippen LogP contribution in [0.4, 0.5) is 0 Å². The first kappa shape index (κ1) is 25.8. The minimum Gasteiger partial charge on any atom is -0.309 e. The number of hydrogen-bond donors (Lipinski definition) is 0. The van der Waals surface area contributed by atoms with E-state index in [0.29, 0.717) is 5.92 Å². The Morgan fingerprint density at radius 3 is 1.77 bits per heavy atom. The zero-order chi connectivity index (χ0) is 29.0. The Bertz CT molecular complexity index is 2040. The molecule has 1 heteroatoms. The van der Waals surface area contributed by atoms with Gasteiger partial charge >= 0.3 is 0 Å². The first-order valence-corrected chi connectivity index (χ1v) is 15.4. The molecule has 0 fully saturated rings. The van der Waals surface area contributed by atoms with E-state index in [1.165, 1.54) is 66.4 Å². The molecule has 0 amide bonds. The quantitative estimate of drug-likeness (QED) is 0.200. The summed E-state index contributed by atoms with van der Waals surface area (Å²) in [5.74, 6) is 0.498. The van der Waals surface area contributed by atoms with Crippen LogP contribution in [0.5, 0.6) is 0 Å². The fourth-order valence-electron chi connectivity index (χ4n) is 7.35. The maximum atomic E-state index is 2.39. The van der Waals surface area contributed by atoms with Crippen molar-refractivity contribution < 1.29 is 0 Å². The second kappa shape index (κ2) is 10.1. The van der Waals surface area contributed by atoms with Crippen LogP contribution in [0.15, 0.2) is 146 Å². The van der Waals surface area contributed by atoms with Crippen LogP contribution < -0.4 is 0 Å². The summed E-state index contributed by atoms with van der Waals surface area (Å²) in [6.45, 7) is 4.68. The van der Waals surface area contributed by atoms with Crippen molar-refractivity contribution in [2.24, 2.45) is 0 Å². The molecule has 1 aliphatic rings. The van der Waals surface area contributed by atoms with Crippen molar-refractivity contribution in [2.45, 2.75) is 38.0 Å². The number of nitrogens with zero attached hydrogens (tertiary/aromatic N) is 1. The fourth-order valence-corrected chi connectivity index (χ4v) is 7.35. The molecule has 7 aromatic rings. The van der Waals surface area contributed by atoms with E-state index in [9.17, 15) is 0 Å². The average Bonchev–Trinajstić information content (AvgIpc) is 3.40. The molecular formula is C42H35N. The molecular weight excluding hydrogens is 518 g/mol. The largest absolute Gasteiger partial charge is 0.309 e. The Hall–Kier alpha value is -4.88. The van der Waals surface area contributed by atoms with E-state index in [2.05, 4.69) is 164 Å². The van der Waals surface area contributed by atoms with Crippen LogP contribution in [-0.2, 0) is 18.3 Å². The van der Waals surface area contributed by atoms with Crippen molar-refractivity contribution in [3.05, 3.63) is 173 Å². The maximum Gasteiger partial charge on any atom is 0.0541 e. The third-order valence-corrected chi connectivity index (χ3v) is 9.76. The zero-order valence-electron chi connectivity index (χ0n) is 24.8. The lowest BCUT2D eigenvalue weighted by Crippen LogP contribution is -2.19. The van der Waals surface area contributed by atoms with E-state index < -0.39 is 0 Å². The van der Waals surface area contributed by atoms with Gasteiger partial charge in [0.15, 0.2) is 0 Å². The molecule has 0 saturated carbocycles. The molecule has 6 aromatic carbocycles. The predicted molar refractivity (Wildman–Crippen MR) is 181 cm³/mol. The van der Waals surface area contributed by atoms with E-state index >= 15 is 0 Å². The highest BCUT2D eigenvalue weighted by atomic mass is 15.0. The normalized spacial score (nSPS) is 14.5. The highest BCUT2D eigenvalue weighted by Gasteiger charge is 2.26. The van der Waals surface area contributed by atoms with Crippen LogP contribution in [0.2, 0.25) is 0 Å². The average molecular weight is 554 g/mol. The van der Waals surface area contributed by atoms with Gasteiger partial charge in [-0.1, -0.05) is 135 Å². The van der Waals surface area contributed by atoms with Gasteiger partial charge in [-0.2, -0.15) is 0 Å². The van der Waals surface area contributed by atoms with Crippen molar-refractivity contribution in [2.75, 3.05) is 0 Å². The molecule has 1 aromatic heterocycles. The van der Waals surface area contributed by atoms with Gasteiger partial charge in [0, 0.05) is 21.9 Å². The molecule has 0 N–H and O–H groups in total. The van der Waals surface area contributed by atoms with Crippen molar-refractivity contribution in [1.29, 1.82) is 0 Å². The Morgan fingerprint density at radius 2 is 1.09 bits per heavy atom. The summed E-state index contributed by atoms with van der Waals surface area (Å²) in [6, 6.07) is 53.9. The number of benzene rings is 6. The number of fused-ring (bicyclic) bond motifs is 6. The van der Waals surface area contributed by atoms with Crippen LogP contribution >= 0.6 is 0 Å². The summed E-state index contributed by atoms with van der Waals surface area (Å²) in [5.41, 5.74) is 13.4. The van der Waals surface area contributed by atoms with Crippen LogP contribution in [0.1, 0.15) is 47.6 Å². The molecule has 0 bridgehead atoms. The third kappa shape index (κ3) is 4.31. The van der Waals surface area contributed by atoms with E-state index in [1.54, 1.807) is 0 Å². The lowest BCUT2D eigenvalue weighted by molar-refractivity contribution is 0.638. The lowest BCUT2D eigenvalue weighted by atomic mass is 9.75. The first-order chi connectivity index (χ1) is 21.1. The molecule has 1 unspecified atom stereocenters. The van der Waals surface area contributed by atoms with Gasteiger partial charge < -0.3 is 4.57 Å². The van der Waals surface area contributed by atoms with Crippen LogP contribution in [-0.4, -0.2) is 4.57 Å². The summed E-state index contributed by atoms with van der Waals surface area (Å²) < 4.78 is 2.39. The van der Waals surface area contributed by atoms with Crippen LogP contribution in [0.3, 0.4) is 0 Å². The first-order valence-electron chi connectivity index (χ1n) is 15.4. The molecule has 0 radical (unpaired) electrons. The molecule has 1 heterocycles. The van der Waals surface area contributed by atoms with Crippen molar-refractivity contribution in [3.8, 4) is 16.8 Å². The topological polar surface area (TPSA) is 4.93 Å². The smallest absolute Gasteiger partial charge is 0.0541 e. The molecule has 1 nitrogen and oxygen atoms in total. The van der Waals surface area contributed by atoms with Gasteiger partial charge in [-0.05, 0) is 82.0 Å². The summed E-state index contributed by atoms with van der Waals surface area (Å²) in [5, 5.41) is 2.59. The molecule has 0 saturated heterocycles. The molecule has 0 aliphatic heterocycles. The standard InChI is InChI=1S/C42H35N/c1-42(2,33-23-25-34(26-24-33)43-40-17-9-7-15-38(40)39-16-8-10-18-41(39)43)32-21-19-29(20-22-32)27-31-28-30-11-3-4-12-35(30)37-14-6-5-13-36(31)37/h3-26,31H,27-28H2,1-2H3. The van der Waals surface area contributed by atoms with E-state index in [0.717, 1.165) is 12.8 Å². The highest BCUT2D eigenvalue weighted by molar-refractivity contribution is 6.09. The summed E-state index contributed by atoms with van der Waals surface area (Å²) in [6.07, 6.45) is 2.15. The lowest BCUT2D eigenvalue weighted by Gasteiger charge is -2.29. The number of para-hydroxylation sites is 2. The predicted octanol–water partition coefficient (Wildman–Crippen LogP) is 10.7. The van der Waals surface area contributed by atoms with Crippen LogP contribution in [0, 0.1) is 0 Å². The van der Waals surface area contributed by atoms with Gasteiger partial charge in [0.25, 0.3) is 0 Å². The minimum absolute atomic E-state index is 0.103. The number of aromatic nitrogens is 1. The molecule has 43 heavy (non-hydrogen) atoms. The zero-order valence-corrected chi connectivity index (χ0v) is 24.8. The van der Waals surface area contributed by atoms with Gasteiger partial charge in [0.1, 0.15) is 0 Å². The summed E-state index contributed by atoms with van der Waals surface area (Å²) in [7, 11) is 0. The monoisotopic (exact) mass is 553 g/mol. The van der Waals surface area contributed by atoms with E-state index in [4.69, 9.17) is 0 Å². The molecule has 208 valence electrons. The number of rotatable bonds is 5. The van der Waals surface area contributed by atoms with Gasteiger partial charge in [0.05, 0.1) is 11.0 Å². The molecule has 1 atom stereocenters. The highest BCUT2D eigenvalue weighted by Crippen LogP contribution is 2.41. The minimum atomic E-state index is -0.103. The van der Waals surface area contributed by atoms with Gasteiger partial charge in [-0.15, -0.1) is 0 Å². The van der Waals surface area contributed by atoms with Crippen molar-refractivity contribution >= 4 is 21.8 Å². The summed E-state index contributed by atoms with van der Waals surface area (Å²) >= 11 is 0. The molecule has 1 aliphatic carbocycles. The second-order valence-electron chi connectivity index (χ2n) is 12.6. The van der Waals surface area contributed by atoms with Gasteiger partial charge in [-0.25, -0.2) is 0 Å².